The van der Waals surface area contributed by atoms with Crippen LogP contribution in [0.1, 0.15) is 11.1 Å². The number of benzene rings is 2. The number of carbonyl (C=O) groups is 1. The van der Waals surface area contributed by atoms with Gasteiger partial charge in [-0.3, -0.25) is 4.79 Å². The number of aryl methyl sites for hydroxylation is 1. The van der Waals surface area contributed by atoms with Crippen molar-refractivity contribution in [1.29, 1.82) is 0 Å². The van der Waals surface area contributed by atoms with E-state index in [0.29, 0.717) is 6.54 Å². The lowest BCUT2D eigenvalue weighted by Crippen LogP contribution is -2.50. The lowest BCUT2D eigenvalue weighted by molar-refractivity contribution is -0.130. The van der Waals surface area contributed by atoms with Gasteiger partial charge in [-0.1, -0.05) is 29.8 Å². The monoisotopic (exact) mass is 353 g/mol. The molecular weight excluding hydrogens is 326 g/mol. The van der Waals surface area contributed by atoms with Gasteiger partial charge in [0.15, 0.2) is 0 Å². The normalized spacial score (nSPS) is 14.4. The van der Waals surface area contributed by atoms with Crippen LogP contribution in [0.25, 0.3) is 0 Å². The highest BCUT2D eigenvalue weighted by atomic mass is 16.5. The number of rotatable bonds is 6. The van der Waals surface area contributed by atoms with Gasteiger partial charge in [-0.15, -0.1) is 0 Å². The smallest absolute Gasteiger partial charge is 0.236 e. The van der Waals surface area contributed by atoms with Crippen LogP contribution in [0.2, 0.25) is 0 Å². The van der Waals surface area contributed by atoms with E-state index >= 15 is 0 Å². The van der Waals surface area contributed by atoms with Gasteiger partial charge < -0.3 is 19.9 Å². The number of carbonyl (C=O) groups excluding carboxylic acids is 1. The van der Waals surface area contributed by atoms with Gasteiger partial charge in [0.25, 0.3) is 0 Å². The minimum atomic E-state index is 0.173. The predicted molar refractivity (Wildman–Crippen MR) is 105 cm³/mol. The summed E-state index contributed by atoms with van der Waals surface area (Å²) >= 11 is 0. The molecule has 5 heteroatoms. The van der Waals surface area contributed by atoms with Gasteiger partial charge in [0.2, 0.25) is 5.91 Å². The standard InChI is InChI=1S/C21H27N3O2/c1-17-3-5-18(6-4-17)15-22-16-21(25)24-13-11-23(12-14-24)19-7-9-20(26-2)10-8-19/h3-10,22H,11-16H2,1-2H3. The molecule has 2 aromatic carbocycles. The van der Waals surface area contributed by atoms with E-state index in [1.807, 2.05) is 17.0 Å². The van der Waals surface area contributed by atoms with Crippen molar-refractivity contribution in [2.75, 3.05) is 44.7 Å². The molecule has 0 radical (unpaired) electrons. The topological polar surface area (TPSA) is 44.8 Å². The average Bonchev–Trinajstić information content (AvgIpc) is 2.69. The average molecular weight is 353 g/mol. The molecule has 0 unspecified atom stereocenters. The number of nitrogens with zero attached hydrogens (tertiary/aromatic N) is 2. The number of hydrogen-bond acceptors (Lipinski definition) is 4. The Hall–Kier alpha value is -2.53. The van der Waals surface area contributed by atoms with Crippen molar-refractivity contribution in [3.05, 3.63) is 59.7 Å². The molecule has 0 aromatic heterocycles. The number of ether oxygens (including phenoxy) is 1. The number of methoxy groups -OCH3 is 1. The summed E-state index contributed by atoms with van der Waals surface area (Å²) in [5, 5.41) is 3.26. The highest BCUT2D eigenvalue weighted by Crippen LogP contribution is 2.20. The van der Waals surface area contributed by atoms with Crippen molar-refractivity contribution in [2.24, 2.45) is 0 Å². The van der Waals surface area contributed by atoms with Crippen molar-refractivity contribution >= 4 is 11.6 Å². The van der Waals surface area contributed by atoms with Gasteiger partial charge in [0.1, 0.15) is 5.75 Å². The molecule has 0 bridgehead atoms. The molecule has 1 saturated heterocycles. The second-order valence-corrected chi connectivity index (χ2v) is 6.66. The van der Waals surface area contributed by atoms with Crippen LogP contribution < -0.4 is 15.0 Å². The number of amides is 1. The van der Waals surface area contributed by atoms with Crippen LogP contribution in [-0.4, -0.2) is 50.6 Å². The highest BCUT2D eigenvalue weighted by Gasteiger charge is 2.20. The van der Waals surface area contributed by atoms with Crippen molar-refractivity contribution in [1.82, 2.24) is 10.2 Å². The molecule has 0 spiro atoms. The molecular formula is C21H27N3O2. The maximum Gasteiger partial charge on any atom is 0.236 e. The van der Waals surface area contributed by atoms with Gasteiger partial charge in [-0.2, -0.15) is 0 Å². The summed E-state index contributed by atoms with van der Waals surface area (Å²) in [4.78, 5) is 16.7. The largest absolute Gasteiger partial charge is 0.497 e. The molecule has 3 rings (SSSR count). The molecule has 2 aromatic rings. The maximum absolute atomic E-state index is 12.4. The lowest BCUT2D eigenvalue weighted by Gasteiger charge is -2.36. The minimum Gasteiger partial charge on any atom is -0.497 e. The molecule has 0 saturated carbocycles. The van der Waals surface area contributed by atoms with Crippen LogP contribution in [0, 0.1) is 6.92 Å². The van der Waals surface area contributed by atoms with Crippen LogP contribution in [0.15, 0.2) is 48.5 Å². The van der Waals surface area contributed by atoms with E-state index in [1.54, 1.807) is 7.11 Å². The second kappa shape index (κ2) is 8.72. The Morgan fingerprint density at radius 2 is 1.65 bits per heavy atom. The van der Waals surface area contributed by atoms with E-state index in [0.717, 1.165) is 38.5 Å². The van der Waals surface area contributed by atoms with E-state index in [2.05, 4.69) is 53.5 Å². The van der Waals surface area contributed by atoms with E-state index in [4.69, 9.17) is 4.74 Å². The van der Waals surface area contributed by atoms with Crippen LogP contribution in [0.5, 0.6) is 5.75 Å². The number of anilines is 1. The summed E-state index contributed by atoms with van der Waals surface area (Å²) in [6, 6.07) is 16.5. The molecule has 1 aliphatic heterocycles. The third-order valence-corrected chi connectivity index (χ3v) is 4.80. The first kappa shape index (κ1) is 18.3. The summed E-state index contributed by atoms with van der Waals surface area (Å²) in [6.45, 7) is 6.42. The zero-order chi connectivity index (χ0) is 18.4. The molecule has 1 heterocycles. The minimum absolute atomic E-state index is 0.173. The summed E-state index contributed by atoms with van der Waals surface area (Å²) in [5.74, 6) is 1.04. The van der Waals surface area contributed by atoms with E-state index in [9.17, 15) is 4.79 Å². The van der Waals surface area contributed by atoms with Gasteiger partial charge in [-0.25, -0.2) is 0 Å². The van der Waals surface area contributed by atoms with Crippen LogP contribution >= 0.6 is 0 Å². The fourth-order valence-corrected chi connectivity index (χ4v) is 3.14. The molecule has 138 valence electrons. The van der Waals surface area contributed by atoms with Gasteiger partial charge in [-0.05, 0) is 36.8 Å². The zero-order valence-corrected chi connectivity index (χ0v) is 15.6. The van der Waals surface area contributed by atoms with Crippen molar-refractivity contribution in [3.63, 3.8) is 0 Å². The Kier molecular flexibility index (Phi) is 6.12. The fraction of sp³-hybridized carbons (Fsp3) is 0.381. The molecule has 1 N–H and O–H groups in total. The molecule has 1 fully saturated rings. The van der Waals surface area contributed by atoms with Gasteiger partial charge in [0, 0.05) is 38.4 Å². The third kappa shape index (κ3) is 4.76. The Morgan fingerprint density at radius 1 is 1.00 bits per heavy atom. The number of piperazine rings is 1. The SMILES string of the molecule is COc1ccc(N2CCN(C(=O)CNCc3ccc(C)cc3)CC2)cc1. The molecule has 1 amide bonds. The first-order valence-electron chi connectivity index (χ1n) is 9.09. The first-order valence-corrected chi connectivity index (χ1v) is 9.09. The fourth-order valence-electron chi connectivity index (χ4n) is 3.14. The van der Waals surface area contributed by atoms with E-state index < -0.39 is 0 Å². The molecule has 0 aliphatic carbocycles. The quantitative estimate of drug-likeness (QED) is 0.866. The maximum atomic E-state index is 12.4. The lowest BCUT2D eigenvalue weighted by atomic mass is 10.1. The Labute approximate surface area is 155 Å². The Bertz CT molecular complexity index is 705. The number of hydrogen-bond donors (Lipinski definition) is 1. The predicted octanol–water partition coefficient (Wildman–Crippen LogP) is 2.44. The van der Waals surface area contributed by atoms with E-state index in [1.165, 1.54) is 16.8 Å². The van der Waals surface area contributed by atoms with E-state index in [-0.39, 0.29) is 5.91 Å². The van der Waals surface area contributed by atoms with Crippen LogP contribution in [0.4, 0.5) is 5.69 Å². The molecule has 1 aliphatic rings. The molecule has 0 atom stereocenters. The van der Waals surface area contributed by atoms with Gasteiger partial charge in [0.05, 0.1) is 13.7 Å². The highest BCUT2D eigenvalue weighted by molar-refractivity contribution is 5.78. The molecule has 5 nitrogen and oxygen atoms in total. The van der Waals surface area contributed by atoms with Gasteiger partial charge >= 0.3 is 0 Å². The Morgan fingerprint density at radius 3 is 2.27 bits per heavy atom. The van der Waals surface area contributed by atoms with Crippen LogP contribution in [0.3, 0.4) is 0 Å². The zero-order valence-electron chi connectivity index (χ0n) is 15.6. The summed E-state index contributed by atoms with van der Waals surface area (Å²) in [5.41, 5.74) is 3.63. The van der Waals surface area contributed by atoms with Crippen molar-refractivity contribution in [2.45, 2.75) is 13.5 Å². The summed E-state index contributed by atoms with van der Waals surface area (Å²) in [6.07, 6.45) is 0. The summed E-state index contributed by atoms with van der Waals surface area (Å²) in [7, 11) is 1.67. The second-order valence-electron chi connectivity index (χ2n) is 6.66. The third-order valence-electron chi connectivity index (χ3n) is 4.80. The van der Waals surface area contributed by atoms with Crippen molar-refractivity contribution < 1.29 is 9.53 Å². The van der Waals surface area contributed by atoms with Crippen LogP contribution in [-0.2, 0) is 11.3 Å². The Balaban J connectivity index is 1.42. The van der Waals surface area contributed by atoms with Crippen molar-refractivity contribution in [3.8, 4) is 5.75 Å². The number of nitrogens with one attached hydrogen (secondary N) is 1. The molecule has 26 heavy (non-hydrogen) atoms. The first-order chi connectivity index (χ1) is 12.7. The summed E-state index contributed by atoms with van der Waals surface area (Å²) < 4.78 is 5.20.